The molecule has 0 N–H and O–H groups in total. The molecular weight excluding hydrogens is 203 g/mol. The Balaban J connectivity index is 3.79. The first-order chi connectivity index (χ1) is 6.91. The third-order valence-corrected chi connectivity index (χ3v) is 3.32. The third-order valence-electron chi connectivity index (χ3n) is 1.96. The first-order valence-corrected chi connectivity index (χ1v) is 8.72. The van der Waals surface area contributed by atoms with Crippen LogP contribution in [0.3, 0.4) is 0 Å². The van der Waals surface area contributed by atoms with Gasteiger partial charge < -0.3 is 9.31 Å². The topological polar surface area (TPSA) is 18.5 Å². The molecule has 0 aliphatic rings. The first kappa shape index (κ1) is 15.2. The molecule has 0 bridgehead atoms. The van der Waals surface area contributed by atoms with Crippen LogP contribution in [0.2, 0.25) is 25.5 Å². The van der Waals surface area contributed by atoms with E-state index in [0.717, 1.165) is 6.32 Å². The van der Waals surface area contributed by atoms with E-state index < -0.39 is 0 Å². The van der Waals surface area contributed by atoms with Crippen LogP contribution in [0.25, 0.3) is 0 Å². The molecule has 0 spiro atoms. The van der Waals surface area contributed by atoms with Gasteiger partial charge in [0.05, 0.1) is 0 Å². The molecule has 0 aromatic carbocycles. The largest absolute Gasteiger partial charge is 0.457 e. The fourth-order valence-corrected chi connectivity index (χ4v) is 2.31. The van der Waals surface area contributed by atoms with Crippen molar-refractivity contribution in [2.24, 2.45) is 0 Å². The normalized spacial score (nSPS) is 11.8. The van der Waals surface area contributed by atoms with Crippen molar-refractivity contribution in [2.75, 3.05) is 0 Å². The van der Waals surface area contributed by atoms with Crippen LogP contribution < -0.4 is 0 Å². The van der Waals surface area contributed by atoms with Crippen LogP contribution in [0.5, 0.6) is 0 Å². The van der Waals surface area contributed by atoms with Gasteiger partial charge in [0.1, 0.15) is 0 Å². The van der Waals surface area contributed by atoms with Gasteiger partial charge in [0.15, 0.2) is 0 Å². The molecule has 0 heterocycles. The molecule has 0 saturated heterocycles. The highest BCUT2D eigenvalue weighted by Crippen LogP contribution is 2.11. The summed E-state index contributed by atoms with van der Waals surface area (Å²) in [7, 11) is -0.105. The molecule has 0 saturated carbocycles. The molecule has 89 valence electrons. The molecule has 0 unspecified atom stereocenters. The second-order valence-corrected chi connectivity index (χ2v) is 7.81. The van der Waals surface area contributed by atoms with Gasteiger partial charge >= 0.3 is 7.12 Å². The molecule has 0 aromatic rings. The van der Waals surface area contributed by atoms with Crippen LogP contribution in [0.4, 0.5) is 0 Å². The Bertz CT molecular complexity index is 142. The molecule has 0 fully saturated rings. The van der Waals surface area contributed by atoms with Crippen LogP contribution in [0, 0.1) is 0 Å². The van der Waals surface area contributed by atoms with Crippen molar-refractivity contribution < 1.29 is 9.31 Å². The highest BCUT2D eigenvalue weighted by molar-refractivity contribution is 6.55. The van der Waals surface area contributed by atoms with Gasteiger partial charge in [-0.05, 0) is 34.0 Å². The average molecular weight is 229 g/mol. The van der Waals surface area contributed by atoms with Gasteiger partial charge in [-0.3, -0.25) is 0 Å². The Kier molecular flexibility index (Phi) is 8.48. The smallest absolute Gasteiger partial charge is 0.409 e. The fraction of sp³-hybridized carbons (Fsp3) is 1.00. The molecule has 15 heavy (non-hydrogen) atoms. The number of hydrogen-bond acceptors (Lipinski definition) is 2. The van der Waals surface area contributed by atoms with E-state index in [2.05, 4.69) is 40.8 Å². The summed E-state index contributed by atoms with van der Waals surface area (Å²) in [6.07, 6.45) is 2.76. The van der Waals surface area contributed by atoms with Gasteiger partial charge in [-0.25, -0.2) is 0 Å². The standard InChI is InChI=1S/C11H26BO2Si/c1-10(2)13-12(14-11(3)4)8-7-9-15(5)6/h10-11H,7-9H2,1-6H3. The van der Waals surface area contributed by atoms with E-state index >= 15 is 0 Å². The SMILES string of the molecule is CC(C)OB(CCC[Si](C)C)OC(C)C. The summed E-state index contributed by atoms with van der Waals surface area (Å²) in [6.45, 7) is 13.0. The van der Waals surface area contributed by atoms with E-state index in [1.807, 2.05) is 0 Å². The van der Waals surface area contributed by atoms with E-state index in [4.69, 9.17) is 9.31 Å². The monoisotopic (exact) mass is 229 g/mol. The summed E-state index contributed by atoms with van der Waals surface area (Å²) in [5.41, 5.74) is 0. The Morgan fingerprint density at radius 2 is 1.47 bits per heavy atom. The zero-order valence-electron chi connectivity index (χ0n) is 11.2. The quantitative estimate of drug-likeness (QED) is 0.593. The Morgan fingerprint density at radius 3 is 1.80 bits per heavy atom. The van der Waals surface area contributed by atoms with Crippen molar-refractivity contribution in [1.29, 1.82) is 0 Å². The van der Waals surface area contributed by atoms with Gasteiger partial charge in [-0.1, -0.05) is 25.6 Å². The molecule has 0 rings (SSSR count). The molecule has 4 heteroatoms. The van der Waals surface area contributed by atoms with Gasteiger partial charge in [0.2, 0.25) is 0 Å². The maximum atomic E-state index is 5.73. The zero-order valence-corrected chi connectivity index (χ0v) is 12.2. The Hall–Kier alpha value is 0.202. The number of rotatable bonds is 8. The van der Waals surface area contributed by atoms with Crippen molar-refractivity contribution >= 4 is 15.9 Å². The lowest BCUT2D eigenvalue weighted by atomic mass is 9.82. The molecule has 0 atom stereocenters. The first-order valence-electron chi connectivity index (χ1n) is 6.01. The van der Waals surface area contributed by atoms with Gasteiger partial charge in [-0.2, -0.15) is 0 Å². The van der Waals surface area contributed by atoms with Crippen molar-refractivity contribution in [3.05, 3.63) is 0 Å². The predicted molar refractivity (Wildman–Crippen MR) is 69.9 cm³/mol. The molecule has 0 aliphatic carbocycles. The minimum Gasteiger partial charge on any atom is -0.409 e. The van der Waals surface area contributed by atoms with Crippen LogP contribution in [-0.4, -0.2) is 28.1 Å². The fourth-order valence-electron chi connectivity index (χ4n) is 1.40. The maximum Gasteiger partial charge on any atom is 0.457 e. The summed E-state index contributed by atoms with van der Waals surface area (Å²) in [4.78, 5) is 0. The minimum absolute atomic E-state index is 0.00801. The van der Waals surface area contributed by atoms with Gasteiger partial charge in [-0.15, -0.1) is 0 Å². The maximum absolute atomic E-state index is 5.73. The highest BCUT2D eigenvalue weighted by Gasteiger charge is 2.20. The molecule has 0 amide bonds. The molecular formula is C11H26BO2Si. The average Bonchev–Trinajstić information content (AvgIpc) is 2.00. The van der Waals surface area contributed by atoms with Crippen molar-refractivity contribution in [3.8, 4) is 0 Å². The van der Waals surface area contributed by atoms with Gasteiger partial charge in [0, 0.05) is 21.0 Å². The number of hydrogen-bond donors (Lipinski definition) is 0. The van der Waals surface area contributed by atoms with Crippen LogP contribution >= 0.6 is 0 Å². The second-order valence-electron chi connectivity index (χ2n) is 4.90. The molecule has 0 aromatic heterocycles. The summed E-state index contributed by atoms with van der Waals surface area (Å²) < 4.78 is 11.5. The minimum atomic E-state index is -0.0974. The van der Waals surface area contributed by atoms with E-state index in [1.54, 1.807) is 0 Å². The lowest BCUT2D eigenvalue weighted by Crippen LogP contribution is -2.29. The zero-order chi connectivity index (χ0) is 11.8. The second kappa shape index (κ2) is 8.36. The Morgan fingerprint density at radius 1 is 1.00 bits per heavy atom. The van der Waals surface area contributed by atoms with Crippen molar-refractivity contribution in [3.63, 3.8) is 0 Å². The molecule has 0 aliphatic heterocycles. The third kappa shape index (κ3) is 10.5. The van der Waals surface area contributed by atoms with Crippen LogP contribution in [0.15, 0.2) is 0 Å². The van der Waals surface area contributed by atoms with E-state index in [0.29, 0.717) is 0 Å². The molecule has 1 radical (unpaired) electrons. The van der Waals surface area contributed by atoms with E-state index in [-0.39, 0.29) is 28.1 Å². The Labute approximate surface area is 97.5 Å². The highest BCUT2D eigenvalue weighted by atomic mass is 28.3. The lowest BCUT2D eigenvalue weighted by molar-refractivity contribution is 0.129. The summed E-state index contributed by atoms with van der Waals surface area (Å²) in [5, 5.41) is 0. The van der Waals surface area contributed by atoms with Crippen LogP contribution in [0.1, 0.15) is 34.1 Å². The summed E-state index contributed by atoms with van der Waals surface area (Å²) in [6, 6.07) is 1.35. The van der Waals surface area contributed by atoms with Gasteiger partial charge in [0.25, 0.3) is 0 Å². The summed E-state index contributed by atoms with van der Waals surface area (Å²) in [5.74, 6) is 0. The predicted octanol–water partition coefficient (Wildman–Crippen LogP) is 3.47. The summed E-state index contributed by atoms with van der Waals surface area (Å²) >= 11 is 0. The van der Waals surface area contributed by atoms with Crippen molar-refractivity contribution in [1.82, 2.24) is 0 Å². The molecule has 2 nitrogen and oxygen atoms in total. The van der Waals surface area contributed by atoms with E-state index in [9.17, 15) is 0 Å². The van der Waals surface area contributed by atoms with E-state index in [1.165, 1.54) is 12.5 Å². The lowest BCUT2D eigenvalue weighted by Gasteiger charge is -2.19. The van der Waals surface area contributed by atoms with Crippen LogP contribution in [-0.2, 0) is 9.31 Å². The van der Waals surface area contributed by atoms with Crippen molar-refractivity contribution in [2.45, 2.75) is 71.8 Å².